The molecule has 1 aliphatic heterocycles. The summed E-state index contributed by atoms with van der Waals surface area (Å²) in [5, 5.41) is 0. The highest BCUT2D eigenvalue weighted by atomic mass is 32.2. The van der Waals surface area contributed by atoms with E-state index in [9.17, 15) is 30.8 Å². The Morgan fingerprint density at radius 3 is 2.53 bits per heavy atom. The summed E-state index contributed by atoms with van der Waals surface area (Å²) in [7, 11) is -4.24. The van der Waals surface area contributed by atoms with Crippen LogP contribution in [0.1, 0.15) is 36.5 Å². The van der Waals surface area contributed by atoms with Gasteiger partial charge in [-0.05, 0) is 67.2 Å². The fraction of sp³-hybridized carbons (Fsp3) is 0.571. The molecule has 1 heterocycles. The Morgan fingerprint density at radius 1 is 1.25 bits per heavy atom. The first-order chi connectivity index (χ1) is 14.9. The molecule has 1 aromatic rings. The van der Waals surface area contributed by atoms with Crippen LogP contribution in [0.25, 0.3) is 6.08 Å². The summed E-state index contributed by atoms with van der Waals surface area (Å²) in [6.45, 7) is -0.108. The van der Waals surface area contributed by atoms with Crippen LogP contribution in [0.5, 0.6) is 0 Å². The topological polar surface area (TPSA) is 75.7 Å². The van der Waals surface area contributed by atoms with Gasteiger partial charge in [0, 0.05) is 6.54 Å². The lowest BCUT2D eigenvalue weighted by atomic mass is 9.79. The molecule has 1 aromatic carbocycles. The lowest BCUT2D eigenvalue weighted by molar-refractivity contribution is -0.140. The third kappa shape index (κ3) is 4.29. The lowest BCUT2D eigenvalue weighted by Crippen LogP contribution is -2.52. The fourth-order valence-corrected chi connectivity index (χ4v) is 7.07. The van der Waals surface area contributed by atoms with Crippen LogP contribution >= 0.6 is 0 Å². The van der Waals surface area contributed by atoms with Crippen molar-refractivity contribution < 1.29 is 35.5 Å². The van der Waals surface area contributed by atoms with Crippen molar-refractivity contribution in [1.82, 2.24) is 9.03 Å². The molecule has 0 radical (unpaired) electrons. The number of ether oxygens (including phenoxy) is 1. The van der Waals surface area contributed by atoms with E-state index in [-0.39, 0.29) is 25.0 Å². The van der Waals surface area contributed by atoms with Crippen molar-refractivity contribution in [3.05, 3.63) is 40.7 Å². The van der Waals surface area contributed by atoms with E-state index in [1.165, 1.54) is 0 Å². The Bertz CT molecular complexity index is 1060. The van der Waals surface area contributed by atoms with Crippen LogP contribution in [0, 0.1) is 11.8 Å². The molecule has 176 valence electrons. The first kappa shape index (κ1) is 23.2. The zero-order chi connectivity index (χ0) is 23.3. The number of carbonyl (C=O) groups excluding carboxylic acids is 1. The second-order valence-corrected chi connectivity index (χ2v) is 10.3. The van der Waals surface area contributed by atoms with E-state index in [0.717, 1.165) is 17.2 Å². The number of fused-ring (bicyclic) bond motifs is 1. The number of hydrogen-bond donors (Lipinski definition) is 1. The molecule has 0 aromatic heterocycles. The molecule has 3 aliphatic rings. The van der Waals surface area contributed by atoms with Gasteiger partial charge in [0.1, 0.15) is 6.54 Å². The van der Waals surface area contributed by atoms with Gasteiger partial charge in [0.15, 0.2) is 0 Å². The second-order valence-electron chi connectivity index (χ2n) is 8.65. The molecule has 1 spiro atoms. The van der Waals surface area contributed by atoms with E-state index in [2.05, 4.69) is 9.46 Å². The van der Waals surface area contributed by atoms with E-state index in [4.69, 9.17) is 0 Å². The van der Waals surface area contributed by atoms with Crippen LogP contribution in [0.15, 0.2) is 24.0 Å². The SMILES string of the molecule is CCOC(=O)/C(F)=C/c1ccc2c(c1)C[C@@H]1CC[C@H](C2)[C@]12CN(CC(F)(F)F)S(=O)(=O)N2. The lowest BCUT2D eigenvalue weighted by Gasteiger charge is -2.33. The average molecular weight is 476 g/mol. The zero-order valence-corrected chi connectivity index (χ0v) is 18.2. The quantitative estimate of drug-likeness (QED) is 0.412. The van der Waals surface area contributed by atoms with Crippen LogP contribution in [-0.2, 0) is 32.6 Å². The Hall–Kier alpha value is -1.98. The van der Waals surface area contributed by atoms with E-state index in [1.54, 1.807) is 19.1 Å². The summed E-state index contributed by atoms with van der Waals surface area (Å²) in [4.78, 5) is 11.5. The molecule has 11 heteroatoms. The third-order valence-electron chi connectivity index (χ3n) is 6.70. The normalized spacial score (nSPS) is 29.7. The molecule has 1 N–H and O–H groups in total. The first-order valence-corrected chi connectivity index (χ1v) is 11.9. The number of nitrogens with one attached hydrogen (secondary N) is 1. The number of alkyl halides is 3. The summed E-state index contributed by atoms with van der Waals surface area (Å²) >= 11 is 0. The summed E-state index contributed by atoms with van der Waals surface area (Å²) in [5.41, 5.74) is 1.34. The maximum absolute atomic E-state index is 14.0. The zero-order valence-electron chi connectivity index (χ0n) is 17.4. The minimum Gasteiger partial charge on any atom is -0.461 e. The standard InChI is InChI=1S/C21H24F4N2O4S/c1-2-31-19(28)18(22)8-13-3-4-14-9-16-5-6-17(10-15(14)7-13)20(16)11-27(12-21(23,24)25)32(29,30)26-20/h3-4,7-8,16-17,26H,2,5-6,9-12H2,1H3/b18-8-/t16-,17+,20-/m1/s1. The molecule has 0 amide bonds. The van der Waals surface area contributed by atoms with Gasteiger partial charge >= 0.3 is 12.1 Å². The summed E-state index contributed by atoms with van der Waals surface area (Å²) < 4.78 is 85.7. The highest BCUT2D eigenvalue weighted by Gasteiger charge is 2.60. The average Bonchev–Trinajstić information content (AvgIpc) is 3.06. The van der Waals surface area contributed by atoms with Crippen LogP contribution < -0.4 is 4.72 Å². The van der Waals surface area contributed by atoms with E-state index >= 15 is 0 Å². The van der Waals surface area contributed by atoms with Crippen LogP contribution in [0.4, 0.5) is 17.6 Å². The molecule has 32 heavy (non-hydrogen) atoms. The molecular formula is C21H24F4N2O4S. The maximum atomic E-state index is 14.0. The predicted molar refractivity (Wildman–Crippen MR) is 108 cm³/mol. The largest absolute Gasteiger partial charge is 0.461 e. The highest BCUT2D eigenvalue weighted by molar-refractivity contribution is 7.87. The first-order valence-electron chi connectivity index (χ1n) is 10.5. The number of esters is 1. The number of rotatable bonds is 4. The third-order valence-corrected chi connectivity index (χ3v) is 8.28. The Labute approximate surface area is 183 Å². The van der Waals surface area contributed by atoms with Gasteiger partial charge in [0.2, 0.25) is 5.83 Å². The second kappa shape index (κ2) is 8.11. The van der Waals surface area contributed by atoms with Crippen LogP contribution in [0.3, 0.4) is 0 Å². The minimum atomic E-state index is -4.63. The number of benzene rings is 1. The van der Waals surface area contributed by atoms with Gasteiger partial charge in [-0.25, -0.2) is 4.79 Å². The van der Waals surface area contributed by atoms with E-state index in [0.29, 0.717) is 35.6 Å². The smallest absolute Gasteiger partial charge is 0.402 e. The Kier molecular flexibility index (Phi) is 5.87. The van der Waals surface area contributed by atoms with Gasteiger partial charge in [-0.1, -0.05) is 18.2 Å². The molecule has 0 unspecified atom stereocenters. The van der Waals surface area contributed by atoms with Crippen molar-refractivity contribution in [3.8, 4) is 0 Å². The number of nitrogens with zero attached hydrogens (tertiary/aromatic N) is 1. The van der Waals surface area contributed by atoms with Crippen molar-refractivity contribution in [2.45, 2.75) is 44.3 Å². The van der Waals surface area contributed by atoms with Crippen LogP contribution in [-0.4, -0.2) is 50.1 Å². The van der Waals surface area contributed by atoms with Gasteiger partial charge in [-0.3, -0.25) is 0 Å². The van der Waals surface area contributed by atoms with Gasteiger partial charge in [-0.2, -0.15) is 35.0 Å². The molecule has 6 nitrogen and oxygen atoms in total. The molecule has 2 bridgehead atoms. The van der Waals surface area contributed by atoms with Crippen molar-refractivity contribution >= 4 is 22.3 Å². The number of halogens is 4. The van der Waals surface area contributed by atoms with E-state index < -0.39 is 40.3 Å². The van der Waals surface area contributed by atoms with E-state index in [1.807, 2.05) is 6.07 Å². The summed E-state index contributed by atoms with van der Waals surface area (Å²) in [6, 6.07) is 5.22. The van der Waals surface area contributed by atoms with Crippen molar-refractivity contribution in [3.63, 3.8) is 0 Å². The molecule has 4 rings (SSSR count). The minimum absolute atomic E-state index is 0.0523. The highest BCUT2D eigenvalue weighted by Crippen LogP contribution is 2.50. The van der Waals surface area contributed by atoms with Crippen molar-refractivity contribution in [1.29, 1.82) is 0 Å². The molecule has 2 aliphatic carbocycles. The Balaban J connectivity index is 1.62. The molecule has 2 fully saturated rings. The molecular weight excluding hydrogens is 452 g/mol. The molecule has 1 saturated heterocycles. The van der Waals surface area contributed by atoms with Gasteiger partial charge in [-0.15, -0.1) is 0 Å². The van der Waals surface area contributed by atoms with Gasteiger partial charge in [0.25, 0.3) is 10.2 Å². The Morgan fingerprint density at radius 2 is 1.91 bits per heavy atom. The predicted octanol–water partition coefficient (Wildman–Crippen LogP) is 3.14. The number of carbonyl (C=O) groups is 1. The monoisotopic (exact) mass is 476 g/mol. The molecule has 1 saturated carbocycles. The summed E-state index contributed by atoms with van der Waals surface area (Å²) in [6.07, 6.45) is -1.18. The summed E-state index contributed by atoms with van der Waals surface area (Å²) in [5.74, 6) is -2.40. The fourth-order valence-electron chi connectivity index (χ4n) is 5.36. The van der Waals surface area contributed by atoms with Crippen LogP contribution in [0.2, 0.25) is 0 Å². The van der Waals surface area contributed by atoms with Crippen molar-refractivity contribution in [2.75, 3.05) is 19.7 Å². The maximum Gasteiger partial charge on any atom is 0.402 e. The molecule has 3 atom stereocenters. The van der Waals surface area contributed by atoms with Gasteiger partial charge < -0.3 is 4.74 Å². The number of hydrogen-bond acceptors (Lipinski definition) is 4. The van der Waals surface area contributed by atoms with Crippen molar-refractivity contribution in [2.24, 2.45) is 11.8 Å². The van der Waals surface area contributed by atoms with Gasteiger partial charge in [0.05, 0.1) is 12.1 Å².